The molecule has 0 unspecified atom stereocenters. The number of methoxy groups -OCH3 is 1. The van der Waals surface area contributed by atoms with Gasteiger partial charge in [0, 0.05) is 0 Å². The Kier molecular flexibility index (Phi) is 25.5. The summed E-state index contributed by atoms with van der Waals surface area (Å²) in [5.41, 5.74) is 1.91. The molecule has 0 aliphatic rings. The number of aryl methyl sites for hydroxylation is 1. The quantitative estimate of drug-likeness (QED) is 0.562. The van der Waals surface area contributed by atoms with Crippen LogP contribution in [0.25, 0.3) is 0 Å². The maximum atomic E-state index is 8.38. The molecular weight excluding hydrogens is 294 g/mol. The van der Waals surface area contributed by atoms with E-state index in [2.05, 4.69) is 19.9 Å². The van der Waals surface area contributed by atoms with E-state index < -0.39 is 0 Å². The fourth-order valence-electron chi connectivity index (χ4n) is 1.18. The van der Waals surface area contributed by atoms with Crippen LogP contribution in [-0.4, -0.2) is 7.11 Å². The van der Waals surface area contributed by atoms with Crippen molar-refractivity contribution in [2.45, 2.75) is 54.9 Å². The van der Waals surface area contributed by atoms with E-state index in [4.69, 9.17) is 10.00 Å². The number of nitriles is 1. The highest BCUT2D eigenvalue weighted by Gasteiger charge is 1.85. The number of ether oxygens (including phenoxy) is 1. The normalized spacial score (nSPS) is 7.29. The van der Waals surface area contributed by atoms with Crippen molar-refractivity contribution in [2.24, 2.45) is 0 Å². The molecule has 0 N–H and O–H groups in total. The monoisotopic (exact) mass is 329 g/mol. The minimum absolute atomic E-state index is 0.723. The summed E-state index contributed by atoms with van der Waals surface area (Å²) in [6.07, 6.45) is 1.25. The Hall–Kier alpha value is -2.27. The molecule has 0 aromatic heterocycles. The summed E-state index contributed by atoms with van der Waals surface area (Å²) in [5, 5.41) is 8.38. The number of rotatable bonds is 1. The Morgan fingerprint density at radius 2 is 1.25 bits per heavy atom. The zero-order valence-electron chi connectivity index (χ0n) is 16.8. The highest BCUT2D eigenvalue weighted by molar-refractivity contribution is 5.30. The fourth-order valence-corrected chi connectivity index (χ4v) is 1.18. The predicted octanol–water partition coefficient (Wildman–Crippen LogP) is 7.03. The molecule has 0 saturated heterocycles. The molecule has 24 heavy (non-hydrogen) atoms. The van der Waals surface area contributed by atoms with Crippen molar-refractivity contribution >= 4 is 0 Å². The van der Waals surface area contributed by atoms with Crippen molar-refractivity contribution in [3.05, 3.63) is 65.7 Å². The molecule has 0 amide bonds. The van der Waals surface area contributed by atoms with Crippen molar-refractivity contribution < 1.29 is 4.74 Å². The Balaban J connectivity index is -0.000000270. The van der Waals surface area contributed by atoms with Gasteiger partial charge >= 0.3 is 0 Å². The lowest BCUT2D eigenvalue weighted by Gasteiger charge is -1.93. The van der Waals surface area contributed by atoms with Crippen molar-refractivity contribution in [3.8, 4) is 11.8 Å². The molecule has 0 saturated carbocycles. The second-order valence-electron chi connectivity index (χ2n) is 4.20. The highest BCUT2D eigenvalue weighted by atomic mass is 16.5. The fraction of sp³-hybridized carbons (Fsp3) is 0.409. The second-order valence-corrected chi connectivity index (χ2v) is 4.20. The van der Waals surface area contributed by atoms with Crippen LogP contribution in [0.15, 0.2) is 54.6 Å². The van der Waals surface area contributed by atoms with E-state index >= 15 is 0 Å². The molecule has 2 aromatic rings. The van der Waals surface area contributed by atoms with Crippen LogP contribution in [-0.2, 0) is 0 Å². The van der Waals surface area contributed by atoms with Gasteiger partial charge in [-0.2, -0.15) is 5.26 Å². The average Bonchev–Trinajstić information content (AvgIpc) is 2.67. The average molecular weight is 330 g/mol. The molecule has 0 aliphatic heterocycles. The Bertz CT molecular complexity index is 484. The SMILES string of the molecule is CC.CC.CCC.COc1ccccc1.Cc1ccc(C#N)cc1. The molecule has 0 heterocycles. The molecular formula is C22H35NO. The van der Waals surface area contributed by atoms with E-state index in [-0.39, 0.29) is 0 Å². The summed E-state index contributed by atoms with van der Waals surface area (Å²) in [4.78, 5) is 0. The molecule has 2 rings (SSSR count). The van der Waals surface area contributed by atoms with E-state index in [1.54, 1.807) is 7.11 Å². The minimum Gasteiger partial charge on any atom is -0.497 e. The zero-order chi connectivity index (χ0) is 19.2. The number of nitrogens with zero attached hydrogens (tertiary/aromatic N) is 1. The third-order valence-corrected chi connectivity index (χ3v) is 2.16. The van der Waals surface area contributed by atoms with Crippen LogP contribution < -0.4 is 4.74 Å². The molecule has 0 spiro atoms. The smallest absolute Gasteiger partial charge is 0.118 e. The van der Waals surface area contributed by atoms with Gasteiger partial charge in [0.05, 0.1) is 18.7 Å². The lowest BCUT2D eigenvalue weighted by atomic mass is 10.2. The Labute approximate surface area is 150 Å². The Morgan fingerprint density at radius 3 is 1.54 bits per heavy atom. The summed E-state index contributed by atoms with van der Waals surface area (Å²) in [5.74, 6) is 0.910. The van der Waals surface area contributed by atoms with Gasteiger partial charge in [-0.05, 0) is 31.2 Å². The van der Waals surface area contributed by atoms with E-state index in [0.29, 0.717) is 0 Å². The van der Waals surface area contributed by atoms with Crippen LogP contribution in [0.4, 0.5) is 0 Å². The third-order valence-electron chi connectivity index (χ3n) is 2.16. The van der Waals surface area contributed by atoms with E-state index in [9.17, 15) is 0 Å². The highest BCUT2D eigenvalue weighted by Crippen LogP contribution is 2.05. The van der Waals surface area contributed by atoms with Crippen LogP contribution in [0.2, 0.25) is 0 Å². The summed E-state index contributed by atoms with van der Waals surface area (Å²) in [6.45, 7) is 14.3. The number of benzene rings is 2. The van der Waals surface area contributed by atoms with Gasteiger partial charge in [-0.15, -0.1) is 0 Å². The van der Waals surface area contributed by atoms with Crippen LogP contribution in [0, 0.1) is 18.3 Å². The molecule has 2 aromatic carbocycles. The third kappa shape index (κ3) is 17.8. The molecule has 0 bridgehead atoms. The van der Waals surface area contributed by atoms with Crippen molar-refractivity contribution in [1.29, 1.82) is 5.26 Å². The van der Waals surface area contributed by atoms with Crippen molar-refractivity contribution in [1.82, 2.24) is 0 Å². The molecule has 0 aliphatic carbocycles. The predicted molar refractivity (Wildman–Crippen MR) is 108 cm³/mol. The van der Waals surface area contributed by atoms with Crippen LogP contribution in [0.5, 0.6) is 5.75 Å². The van der Waals surface area contributed by atoms with Gasteiger partial charge in [0.1, 0.15) is 5.75 Å². The molecule has 2 nitrogen and oxygen atoms in total. The largest absolute Gasteiger partial charge is 0.497 e. The standard InChI is InChI=1S/C8H7N.C7H8O.C3H8.2C2H6/c1-7-2-4-8(6-9)5-3-7;1-8-7-5-3-2-4-6-7;1-3-2;2*1-2/h2-5H,1H3;2-6H,1H3;3H2,1-2H3;2*1-2H3. The van der Waals surface area contributed by atoms with Gasteiger partial charge in [-0.3, -0.25) is 0 Å². The number of para-hydroxylation sites is 1. The van der Waals surface area contributed by atoms with E-state index in [0.717, 1.165) is 11.3 Å². The van der Waals surface area contributed by atoms with Crippen LogP contribution in [0.1, 0.15) is 59.1 Å². The first-order valence-corrected chi connectivity index (χ1v) is 8.73. The van der Waals surface area contributed by atoms with Gasteiger partial charge in [0.25, 0.3) is 0 Å². The van der Waals surface area contributed by atoms with Gasteiger partial charge in [-0.25, -0.2) is 0 Å². The van der Waals surface area contributed by atoms with Gasteiger partial charge in [-0.1, -0.05) is 83.9 Å². The maximum Gasteiger partial charge on any atom is 0.118 e. The summed E-state index contributed by atoms with van der Waals surface area (Å²) < 4.78 is 4.91. The first kappa shape index (κ1) is 26.6. The number of hydrogen-bond donors (Lipinski definition) is 0. The topological polar surface area (TPSA) is 33.0 Å². The first-order valence-electron chi connectivity index (χ1n) is 8.73. The summed E-state index contributed by atoms with van der Waals surface area (Å²) >= 11 is 0. The van der Waals surface area contributed by atoms with Crippen molar-refractivity contribution in [2.75, 3.05) is 7.11 Å². The molecule has 0 atom stereocenters. The lowest BCUT2D eigenvalue weighted by Crippen LogP contribution is -1.78. The molecule has 0 fully saturated rings. The lowest BCUT2D eigenvalue weighted by molar-refractivity contribution is 0.415. The molecule has 0 radical (unpaired) electrons. The van der Waals surface area contributed by atoms with Crippen LogP contribution >= 0.6 is 0 Å². The van der Waals surface area contributed by atoms with Gasteiger partial charge < -0.3 is 4.74 Å². The van der Waals surface area contributed by atoms with Crippen molar-refractivity contribution in [3.63, 3.8) is 0 Å². The maximum absolute atomic E-state index is 8.38. The van der Waals surface area contributed by atoms with Crippen LogP contribution in [0.3, 0.4) is 0 Å². The zero-order valence-corrected chi connectivity index (χ0v) is 16.8. The molecule has 134 valence electrons. The van der Waals surface area contributed by atoms with E-state index in [1.165, 1.54) is 12.0 Å². The second kappa shape index (κ2) is 23.0. The van der Waals surface area contributed by atoms with E-state index in [1.807, 2.05) is 89.2 Å². The minimum atomic E-state index is 0.723. The summed E-state index contributed by atoms with van der Waals surface area (Å²) in [6, 6.07) is 19.2. The number of hydrogen-bond acceptors (Lipinski definition) is 2. The molecule has 2 heteroatoms. The summed E-state index contributed by atoms with van der Waals surface area (Å²) in [7, 11) is 1.66. The first-order chi connectivity index (χ1) is 11.7. The van der Waals surface area contributed by atoms with Gasteiger partial charge in [0.2, 0.25) is 0 Å². The van der Waals surface area contributed by atoms with Gasteiger partial charge in [0.15, 0.2) is 0 Å². The Morgan fingerprint density at radius 1 is 0.833 bits per heavy atom.